The number of nitrogens with zero attached hydrogens (tertiary/aromatic N) is 1. The average Bonchev–Trinajstić information content (AvgIpc) is 2.84. The molecule has 2 N–H and O–H groups in total. The van der Waals surface area contributed by atoms with Crippen LogP contribution in [0.2, 0.25) is 0 Å². The Morgan fingerprint density at radius 3 is 2.39 bits per heavy atom. The van der Waals surface area contributed by atoms with Gasteiger partial charge in [-0.05, 0) is 12.8 Å². The van der Waals surface area contributed by atoms with Crippen LogP contribution >= 0.6 is 24.8 Å². The van der Waals surface area contributed by atoms with Crippen molar-refractivity contribution in [3.8, 4) is 0 Å². The van der Waals surface area contributed by atoms with Crippen molar-refractivity contribution in [1.82, 2.24) is 15.5 Å². The summed E-state index contributed by atoms with van der Waals surface area (Å²) in [5.74, 6) is 0.593. The van der Waals surface area contributed by atoms with Gasteiger partial charge in [-0.15, -0.1) is 24.8 Å². The smallest absolute Gasteiger partial charge is 0.223 e. The van der Waals surface area contributed by atoms with Crippen LogP contribution in [0.3, 0.4) is 0 Å². The van der Waals surface area contributed by atoms with Gasteiger partial charge in [-0.1, -0.05) is 12.8 Å². The SMILES string of the molecule is Cl.Cl.O=C(NCCN1CCNCC1)C1CCCC1. The molecule has 0 aromatic rings. The van der Waals surface area contributed by atoms with Crippen molar-refractivity contribution in [2.45, 2.75) is 25.7 Å². The molecule has 0 radical (unpaired) electrons. The highest BCUT2D eigenvalue weighted by atomic mass is 35.5. The molecule has 2 rings (SSSR count). The van der Waals surface area contributed by atoms with Crippen molar-refractivity contribution in [2.75, 3.05) is 39.3 Å². The molecule has 0 spiro atoms. The minimum atomic E-state index is 0. The second kappa shape index (κ2) is 9.84. The maximum Gasteiger partial charge on any atom is 0.223 e. The predicted octanol–water partition coefficient (Wildman–Crippen LogP) is 1.04. The molecule has 1 aliphatic carbocycles. The summed E-state index contributed by atoms with van der Waals surface area (Å²) in [6, 6.07) is 0. The van der Waals surface area contributed by atoms with Crippen LogP contribution in [-0.4, -0.2) is 50.1 Å². The van der Waals surface area contributed by atoms with Crippen LogP contribution in [0.25, 0.3) is 0 Å². The summed E-state index contributed by atoms with van der Waals surface area (Å²) in [5.41, 5.74) is 0. The minimum Gasteiger partial charge on any atom is -0.355 e. The summed E-state index contributed by atoms with van der Waals surface area (Å²) in [6.45, 7) is 6.20. The van der Waals surface area contributed by atoms with Gasteiger partial charge in [-0.25, -0.2) is 0 Å². The number of piperazine rings is 1. The molecule has 0 atom stereocenters. The van der Waals surface area contributed by atoms with Crippen molar-refractivity contribution < 1.29 is 4.79 Å². The standard InChI is InChI=1S/C12H23N3O.2ClH/c16-12(11-3-1-2-4-11)14-7-10-15-8-5-13-6-9-15;;/h11,13H,1-10H2,(H,14,16);2*1H. The molecule has 0 aromatic carbocycles. The third kappa shape index (κ3) is 5.74. The Labute approximate surface area is 122 Å². The number of rotatable bonds is 4. The van der Waals surface area contributed by atoms with Crippen LogP contribution in [0.4, 0.5) is 0 Å². The monoisotopic (exact) mass is 297 g/mol. The molecule has 1 aliphatic heterocycles. The van der Waals surface area contributed by atoms with Crippen molar-refractivity contribution in [2.24, 2.45) is 5.92 Å². The molecule has 0 bridgehead atoms. The number of halogens is 2. The first-order valence-corrected chi connectivity index (χ1v) is 6.57. The molecule has 108 valence electrons. The van der Waals surface area contributed by atoms with Gasteiger partial charge < -0.3 is 10.6 Å². The van der Waals surface area contributed by atoms with Crippen molar-refractivity contribution in [1.29, 1.82) is 0 Å². The van der Waals surface area contributed by atoms with E-state index in [2.05, 4.69) is 15.5 Å². The van der Waals surface area contributed by atoms with E-state index in [1.807, 2.05) is 0 Å². The van der Waals surface area contributed by atoms with Gasteiger partial charge in [-0.2, -0.15) is 0 Å². The van der Waals surface area contributed by atoms with E-state index in [0.29, 0.717) is 5.92 Å². The molecule has 0 aromatic heterocycles. The lowest BCUT2D eigenvalue weighted by molar-refractivity contribution is -0.124. The normalized spacial score (nSPS) is 20.9. The van der Waals surface area contributed by atoms with Gasteiger partial charge in [0.15, 0.2) is 0 Å². The highest BCUT2D eigenvalue weighted by Crippen LogP contribution is 2.24. The molecule has 2 aliphatic rings. The van der Waals surface area contributed by atoms with Gasteiger partial charge >= 0.3 is 0 Å². The number of hydrogen-bond donors (Lipinski definition) is 2. The summed E-state index contributed by atoms with van der Waals surface area (Å²) in [6.07, 6.45) is 4.66. The number of amides is 1. The Kier molecular flexibility index (Phi) is 9.83. The maximum absolute atomic E-state index is 11.7. The molecule has 1 heterocycles. The molecule has 18 heavy (non-hydrogen) atoms. The third-order valence-corrected chi connectivity index (χ3v) is 3.66. The van der Waals surface area contributed by atoms with Crippen LogP contribution in [0.1, 0.15) is 25.7 Å². The highest BCUT2D eigenvalue weighted by Gasteiger charge is 2.22. The molecule has 1 saturated heterocycles. The maximum atomic E-state index is 11.7. The fourth-order valence-corrected chi connectivity index (χ4v) is 2.60. The van der Waals surface area contributed by atoms with Crippen LogP contribution < -0.4 is 10.6 Å². The largest absolute Gasteiger partial charge is 0.355 e. The van der Waals surface area contributed by atoms with E-state index in [1.54, 1.807) is 0 Å². The molecule has 1 saturated carbocycles. The number of nitrogens with one attached hydrogen (secondary N) is 2. The lowest BCUT2D eigenvalue weighted by Crippen LogP contribution is -2.46. The summed E-state index contributed by atoms with van der Waals surface area (Å²) in [5, 5.41) is 6.40. The van der Waals surface area contributed by atoms with Crippen LogP contribution in [0.15, 0.2) is 0 Å². The molecule has 4 nitrogen and oxygen atoms in total. The molecule has 2 fully saturated rings. The minimum absolute atomic E-state index is 0. The topological polar surface area (TPSA) is 44.4 Å². The highest BCUT2D eigenvalue weighted by molar-refractivity contribution is 5.85. The van der Waals surface area contributed by atoms with Gasteiger partial charge in [0, 0.05) is 45.2 Å². The summed E-state index contributed by atoms with van der Waals surface area (Å²) < 4.78 is 0. The van der Waals surface area contributed by atoms with E-state index < -0.39 is 0 Å². The quantitative estimate of drug-likeness (QED) is 0.815. The lowest BCUT2D eigenvalue weighted by Gasteiger charge is -2.27. The zero-order valence-corrected chi connectivity index (χ0v) is 12.5. The number of hydrogen-bond acceptors (Lipinski definition) is 3. The van der Waals surface area contributed by atoms with Crippen molar-refractivity contribution in [3.05, 3.63) is 0 Å². The van der Waals surface area contributed by atoms with Gasteiger partial charge in [0.25, 0.3) is 0 Å². The van der Waals surface area contributed by atoms with E-state index in [1.165, 1.54) is 12.8 Å². The van der Waals surface area contributed by atoms with Gasteiger partial charge in [0.1, 0.15) is 0 Å². The van der Waals surface area contributed by atoms with Gasteiger partial charge in [-0.3, -0.25) is 9.69 Å². The van der Waals surface area contributed by atoms with E-state index >= 15 is 0 Å². The Hall–Kier alpha value is -0.0300. The molecule has 1 amide bonds. The zero-order valence-electron chi connectivity index (χ0n) is 10.8. The second-order valence-corrected chi connectivity index (χ2v) is 4.86. The Balaban J connectivity index is 0.00000144. The van der Waals surface area contributed by atoms with E-state index in [9.17, 15) is 4.79 Å². The van der Waals surface area contributed by atoms with E-state index in [-0.39, 0.29) is 30.7 Å². The van der Waals surface area contributed by atoms with Crippen LogP contribution in [0, 0.1) is 5.92 Å². The Morgan fingerprint density at radius 2 is 1.78 bits per heavy atom. The third-order valence-electron chi connectivity index (χ3n) is 3.66. The summed E-state index contributed by atoms with van der Waals surface area (Å²) in [7, 11) is 0. The zero-order chi connectivity index (χ0) is 11.2. The Bertz CT molecular complexity index is 229. The predicted molar refractivity (Wildman–Crippen MR) is 78.8 cm³/mol. The fourth-order valence-electron chi connectivity index (χ4n) is 2.60. The van der Waals surface area contributed by atoms with Crippen molar-refractivity contribution >= 4 is 30.7 Å². The molecular weight excluding hydrogens is 273 g/mol. The first-order valence-electron chi connectivity index (χ1n) is 6.57. The Morgan fingerprint density at radius 1 is 1.17 bits per heavy atom. The van der Waals surface area contributed by atoms with E-state index in [0.717, 1.165) is 52.1 Å². The first-order chi connectivity index (χ1) is 7.86. The van der Waals surface area contributed by atoms with E-state index in [4.69, 9.17) is 0 Å². The van der Waals surface area contributed by atoms with Crippen LogP contribution in [0.5, 0.6) is 0 Å². The first kappa shape index (κ1) is 18.0. The second-order valence-electron chi connectivity index (χ2n) is 4.86. The molecule has 0 unspecified atom stereocenters. The summed E-state index contributed by atoms with van der Waals surface area (Å²) >= 11 is 0. The van der Waals surface area contributed by atoms with Crippen molar-refractivity contribution in [3.63, 3.8) is 0 Å². The lowest BCUT2D eigenvalue weighted by atomic mass is 10.1. The number of carbonyl (C=O) groups is 1. The van der Waals surface area contributed by atoms with Crippen LogP contribution in [-0.2, 0) is 4.79 Å². The van der Waals surface area contributed by atoms with Gasteiger partial charge in [0.2, 0.25) is 5.91 Å². The van der Waals surface area contributed by atoms with Gasteiger partial charge in [0.05, 0.1) is 0 Å². The average molecular weight is 298 g/mol. The number of carbonyl (C=O) groups excluding carboxylic acids is 1. The summed E-state index contributed by atoms with van der Waals surface area (Å²) in [4.78, 5) is 14.2. The fraction of sp³-hybridized carbons (Fsp3) is 0.917. The molecule has 6 heteroatoms. The molecular formula is C12H25Cl2N3O.